The van der Waals surface area contributed by atoms with E-state index in [1.54, 1.807) is 13.3 Å². The molecule has 0 atom stereocenters. The van der Waals surface area contributed by atoms with Gasteiger partial charge in [-0.05, 0) is 24.5 Å². The molecule has 0 saturated heterocycles. The van der Waals surface area contributed by atoms with E-state index in [4.69, 9.17) is 20.4 Å². The van der Waals surface area contributed by atoms with Crippen LogP contribution in [0.15, 0.2) is 29.5 Å². The van der Waals surface area contributed by atoms with E-state index in [0.29, 0.717) is 17.5 Å². The molecule has 0 radical (unpaired) electrons. The number of allylic oxidation sites excluding steroid dienone is 1. The van der Waals surface area contributed by atoms with E-state index in [1.807, 2.05) is 18.3 Å². The Morgan fingerprint density at radius 3 is 2.62 bits per heavy atom. The second-order valence-corrected chi connectivity index (χ2v) is 8.91. The molecule has 0 aliphatic carbocycles. The zero-order valence-electron chi connectivity index (χ0n) is 18.3. The number of nitrogens with zero attached hydrogens (tertiary/aromatic N) is 4. The average molecular weight is 394 g/mol. The van der Waals surface area contributed by atoms with Gasteiger partial charge in [-0.2, -0.15) is 0 Å². The van der Waals surface area contributed by atoms with Gasteiger partial charge in [-0.3, -0.25) is 4.99 Å². The monoisotopic (exact) mass is 393 g/mol. The van der Waals surface area contributed by atoms with Crippen molar-refractivity contribution >= 4 is 22.8 Å². The normalized spacial score (nSPS) is 14.5. The minimum atomic E-state index is -0.0359. The van der Waals surface area contributed by atoms with E-state index in [1.165, 1.54) is 0 Å². The summed E-state index contributed by atoms with van der Waals surface area (Å²) in [4.78, 5) is 18.6. The second kappa shape index (κ2) is 8.31. The summed E-state index contributed by atoms with van der Waals surface area (Å²) in [5.74, 6) is 2.41. The quantitative estimate of drug-likeness (QED) is 0.761. The van der Waals surface area contributed by atoms with Crippen molar-refractivity contribution in [2.75, 3.05) is 12.8 Å². The van der Waals surface area contributed by atoms with Crippen molar-refractivity contribution < 1.29 is 4.74 Å². The van der Waals surface area contributed by atoms with E-state index in [0.717, 1.165) is 53.3 Å². The highest BCUT2D eigenvalue weighted by molar-refractivity contribution is 6.11. The van der Waals surface area contributed by atoms with Crippen molar-refractivity contribution in [3.8, 4) is 5.75 Å². The van der Waals surface area contributed by atoms with Gasteiger partial charge in [-0.25, -0.2) is 15.0 Å². The Balaban J connectivity index is 2.06. The molecule has 0 aromatic carbocycles. The van der Waals surface area contributed by atoms with Gasteiger partial charge >= 0.3 is 0 Å². The van der Waals surface area contributed by atoms with Gasteiger partial charge in [-0.15, -0.1) is 0 Å². The third kappa shape index (κ3) is 4.81. The number of pyridine rings is 1. The molecule has 0 spiro atoms. The lowest BCUT2D eigenvalue weighted by atomic mass is 9.86. The summed E-state index contributed by atoms with van der Waals surface area (Å²) >= 11 is 0. The lowest BCUT2D eigenvalue weighted by Crippen LogP contribution is -2.18. The Kier molecular flexibility index (Phi) is 6.01. The largest absolute Gasteiger partial charge is 0.493 e. The van der Waals surface area contributed by atoms with Crippen LogP contribution in [0.4, 0.5) is 5.82 Å². The molecule has 2 aromatic rings. The minimum Gasteiger partial charge on any atom is -0.493 e. The maximum Gasteiger partial charge on any atom is 0.166 e. The lowest BCUT2D eigenvalue weighted by molar-refractivity contribution is 0.415. The lowest BCUT2D eigenvalue weighted by Gasteiger charge is -2.18. The highest BCUT2D eigenvalue weighted by Gasteiger charge is 2.29. The molecule has 1 aliphatic heterocycles. The number of aliphatic imine (C=N–C) groups is 1. The van der Waals surface area contributed by atoms with Gasteiger partial charge < -0.3 is 10.5 Å². The first kappa shape index (κ1) is 21.0. The molecular weight excluding hydrogens is 362 g/mol. The average Bonchev–Trinajstić information content (AvgIpc) is 3.13. The minimum absolute atomic E-state index is 0.0359. The first-order valence-electron chi connectivity index (χ1n) is 10.1. The number of aromatic nitrogens is 3. The van der Waals surface area contributed by atoms with Gasteiger partial charge in [0, 0.05) is 47.5 Å². The van der Waals surface area contributed by atoms with Crippen molar-refractivity contribution in [1.29, 1.82) is 0 Å². The Hall–Kier alpha value is -2.76. The molecule has 0 amide bonds. The van der Waals surface area contributed by atoms with Crippen molar-refractivity contribution in [2.45, 2.75) is 53.9 Å². The van der Waals surface area contributed by atoms with Crippen LogP contribution in [0.3, 0.4) is 0 Å². The van der Waals surface area contributed by atoms with Gasteiger partial charge in [-0.1, -0.05) is 34.6 Å². The number of hydrogen-bond acceptors (Lipinski definition) is 6. The predicted octanol–water partition coefficient (Wildman–Crippen LogP) is 4.81. The summed E-state index contributed by atoms with van der Waals surface area (Å²) in [6.07, 6.45) is 6.30. The van der Waals surface area contributed by atoms with E-state index in [2.05, 4.69) is 44.6 Å². The molecule has 6 heteroatoms. The van der Waals surface area contributed by atoms with Crippen LogP contribution in [0, 0.1) is 11.3 Å². The standard InChI is InChI=1S/C23H31N5O/c1-14(2)7-8-20-25-10-9-17(27-20)16-12-19(23(3,4)5)28-21(16)15-11-18(29-6)22(24)26-13-15/h9-11,13-14H,7-8,12H2,1-6H3,(H2,24,26). The summed E-state index contributed by atoms with van der Waals surface area (Å²) in [5.41, 5.74) is 10.8. The zero-order valence-corrected chi connectivity index (χ0v) is 18.3. The van der Waals surface area contributed by atoms with Crippen LogP contribution in [0.1, 0.15) is 64.5 Å². The summed E-state index contributed by atoms with van der Waals surface area (Å²) in [6.45, 7) is 11.0. The number of nitrogens with two attached hydrogens (primary N) is 1. The zero-order chi connectivity index (χ0) is 21.2. The van der Waals surface area contributed by atoms with Gasteiger partial charge in [0.15, 0.2) is 11.6 Å². The first-order chi connectivity index (χ1) is 13.7. The topological polar surface area (TPSA) is 86.3 Å². The van der Waals surface area contributed by atoms with Crippen LogP contribution < -0.4 is 10.5 Å². The highest BCUT2D eigenvalue weighted by atomic mass is 16.5. The van der Waals surface area contributed by atoms with Gasteiger partial charge in [0.1, 0.15) is 5.82 Å². The molecule has 6 nitrogen and oxygen atoms in total. The third-order valence-corrected chi connectivity index (χ3v) is 5.08. The van der Waals surface area contributed by atoms with Gasteiger partial charge in [0.2, 0.25) is 0 Å². The summed E-state index contributed by atoms with van der Waals surface area (Å²) < 4.78 is 5.37. The van der Waals surface area contributed by atoms with Crippen molar-refractivity contribution in [2.24, 2.45) is 16.3 Å². The molecule has 1 aliphatic rings. The number of hydrogen-bond donors (Lipinski definition) is 1. The van der Waals surface area contributed by atoms with Crippen molar-refractivity contribution in [3.63, 3.8) is 0 Å². The number of anilines is 1. The predicted molar refractivity (Wildman–Crippen MR) is 119 cm³/mol. The molecule has 154 valence electrons. The summed E-state index contributed by atoms with van der Waals surface area (Å²) in [6, 6.07) is 3.87. The number of nitrogen functional groups attached to an aromatic ring is 1. The van der Waals surface area contributed by atoms with Crippen LogP contribution >= 0.6 is 0 Å². The molecule has 29 heavy (non-hydrogen) atoms. The molecule has 3 heterocycles. The van der Waals surface area contributed by atoms with Gasteiger partial charge in [0.05, 0.1) is 18.5 Å². The second-order valence-electron chi connectivity index (χ2n) is 8.91. The first-order valence-corrected chi connectivity index (χ1v) is 10.1. The van der Waals surface area contributed by atoms with E-state index in [-0.39, 0.29) is 5.41 Å². The smallest absolute Gasteiger partial charge is 0.166 e. The molecule has 3 rings (SSSR count). The molecule has 0 bridgehead atoms. The van der Waals surface area contributed by atoms with E-state index in [9.17, 15) is 0 Å². The van der Waals surface area contributed by atoms with Crippen molar-refractivity contribution in [1.82, 2.24) is 15.0 Å². The van der Waals surface area contributed by atoms with Crippen LogP contribution in [0.2, 0.25) is 0 Å². The van der Waals surface area contributed by atoms with E-state index < -0.39 is 0 Å². The highest BCUT2D eigenvalue weighted by Crippen LogP contribution is 2.40. The summed E-state index contributed by atoms with van der Waals surface area (Å²) in [7, 11) is 1.59. The Morgan fingerprint density at radius 1 is 1.21 bits per heavy atom. The SMILES string of the molecule is COc1cc(C2=C(c3ccnc(CCC(C)C)n3)CC(C(C)(C)C)=N2)cnc1N. The van der Waals surface area contributed by atoms with Gasteiger partial charge in [0.25, 0.3) is 0 Å². The maximum absolute atomic E-state index is 5.91. The molecule has 2 N–H and O–H groups in total. The van der Waals surface area contributed by atoms with Crippen molar-refractivity contribution in [3.05, 3.63) is 41.6 Å². The number of methoxy groups -OCH3 is 1. The van der Waals surface area contributed by atoms with Crippen LogP contribution in [0.25, 0.3) is 11.3 Å². The van der Waals surface area contributed by atoms with Crippen LogP contribution in [-0.2, 0) is 6.42 Å². The Morgan fingerprint density at radius 2 is 1.97 bits per heavy atom. The fourth-order valence-corrected chi connectivity index (χ4v) is 3.23. The number of ether oxygens (including phenoxy) is 1. The fraction of sp³-hybridized carbons (Fsp3) is 0.478. The maximum atomic E-state index is 5.91. The molecule has 2 aromatic heterocycles. The molecular formula is C23H31N5O. The van der Waals surface area contributed by atoms with Crippen LogP contribution in [0.5, 0.6) is 5.75 Å². The number of rotatable bonds is 6. The Bertz CT molecular complexity index is 954. The third-order valence-electron chi connectivity index (χ3n) is 5.08. The Labute approximate surface area is 173 Å². The molecule has 0 unspecified atom stereocenters. The van der Waals surface area contributed by atoms with E-state index >= 15 is 0 Å². The fourth-order valence-electron chi connectivity index (χ4n) is 3.23. The van der Waals surface area contributed by atoms with Crippen LogP contribution in [-0.4, -0.2) is 27.8 Å². The molecule has 0 fully saturated rings. The molecule has 0 saturated carbocycles. The summed E-state index contributed by atoms with van der Waals surface area (Å²) in [5, 5.41) is 0. The number of aryl methyl sites for hydroxylation is 1.